The molecule has 0 atom stereocenters. The number of rotatable bonds is 6. The van der Waals surface area contributed by atoms with Gasteiger partial charge in [0.15, 0.2) is 5.82 Å². The Balaban J connectivity index is 1.62. The first-order chi connectivity index (χ1) is 14.5. The van der Waals surface area contributed by atoms with E-state index in [1.165, 1.54) is 0 Å². The lowest BCUT2D eigenvalue weighted by atomic mass is 10.1. The van der Waals surface area contributed by atoms with E-state index in [9.17, 15) is 14.4 Å². The van der Waals surface area contributed by atoms with Crippen LogP contribution >= 0.6 is 0 Å². The normalized spacial score (nSPS) is 11.1. The second-order valence-corrected chi connectivity index (χ2v) is 6.74. The maximum atomic E-state index is 13.1. The van der Waals surface area contributed by atoms with E-state index in [4.69, 9.17) is 8.94 Å². The van der Waals surface area contributed by atoms with Crippen LogP contribution in [0.2, 0.25) is 0 Å². The van der Waals surface area contributed by atoms with Crippen molar-refractivity contribution in [2.24, 2.45) is 0 Å². The predicted octanol–water partition coefficient (Wildman–Crippen LogP) is 1.63. The number of aromatic nitrogens is 4. The number of furan rings is 1. The van der Waals surface area contributed by atoms with Crippen LogP contribution in [-0.2, 0) is 6.42 Å². The average molecular weight is 409 g/mol. The third-order valence-electron chi connectivity index (χ3n) is 4.59. The minimum atomic E-state index is -0.644. The lowest BCUT2D eigenvalue weighted by Gasteiger charge is -2.06. The zero-order valence-corrected chi connectivity index (χ0v) is 16.4. The minimum absolute atomic E-state index is 0.0267. The molecule has 0 aliphatic carbocycles. The molecule has 3 aromatic heterocycles. The lowest BCUT2D eigenvalue weighted by molar-refractivity contribution is 0.0952. The second-order valence-electron chi connectivity index (χ2n) is 6.74. The zero-order valence-electron chi connectivity index (χ0n) is 16.4. The van der Waals surface area contributed by atoms with Crippen LogP contribution < -0.4 is 16.6 Å². The number of carbonyl (C=O) groups is 1. The Morgan fingerprint density at radius 1 is 1.20 bits per heavy atom. The van der Waals surface area contributed by atoms with Crippen LogP contribution in [0.1, 0.15) is 34.3 Å². The van der Waals surface area contributed by atoms with Crippen LogP contribution in [0.25, 0.3) is 16.8 Å². The Bertz CT molecular complexity index is 1330. The molecule has 30 heavy (non-hydrogen) atoms. The minimum Gasteiger partial charge on any atom is -0.444 e. The van der Waals surface area contributed by atoms with E-state index in [0.29, 0.717) is 36.8 Å². The number of para-hydroxylation sites is 1. The van der Waals surface area contributed by atoms with E-state index in [1.807, 2.05) is 0 Å². The van der Waals surface area contributed by atoms with Crippen LogP contribution in [0.4, 0.5) is 0 Å². The van der Waals surface area contributed by atoms with Gasteiger partial charge in [-0.15, -0.1) is 0 Å². The van der Waals surface area contributed by atoms with Gasteiger partial charge in [-0.1, -0.05) is 23.4 Å². The molecule has 10 heteroatoms. The number of nitrogens with zero attached hydrogens (tertiary/aromatic N) is 3. The van der Waals surface area contributed by atoms with E-state index in [1.54, 1.807) is 44.2 Å². The van der Waals surface area contributed by atoms with Crippen molar-refractivity contribution in [1.82, 2.24) is 25.0 Å². The van der Waals surface area contributed by atoms with Gasteiger partial charge in [-0.3, -0.25) is 14.6 Å². The number of aryl methyl sites for hydroxylation is 3. The number of fused-ring (bicyclic) bond motifs is 1. The van der Waals surface area contributed by atoms with Crippen LogP contribution in [0.15, 0.2) is 48.9 Å². The Morgan fingerprint density at radius 3 is 2.67 bits per heavy atom. The molecule has 3 heterocycles. The first kappa shape index (κ1) is 19.4. The Labute approximate surface area is 169 Å². The number of aromatic amines is 1. The standard InChI is InChI=1S/C20H19N5O5/c1-11-15(17(26)21-10-6-9-14-22-12(2)24-30-14)16-18(29-11)23-20(28)25(19(16)27)13-7-4-3-5-8-13/h3-5,7-8H,6,9-10H2,1-2H3,(H,21,26)(H,23,28). The summed E-state index contributed by atoms with van der Waals surface area (Å²) in [6, 6.07) is 8.47. The van der Waals surface area contributed by atoms with E-state index < -0.39 is 17.2 Å². The fourth-order valence-electron chi connectivity index (χ4n) is 3.25. The van der Waals surface area contributed by atoms with Crippen molar-refractivity contribution >= 4 is 17.0 Å². The Kier molecular flexibility index (Phi) is 5.05. The van der Waals surface area contributed by atoms with Gasteiger partial charge < -0.3 is 14.3 Å². The molecule has 0 saturated heterocycles. The summed E-state index contributed by atoms with van der Waals surface area (Å²) in [5.41, 5.74) is -0.797. The largest absolute Gasteiger partial charge is 0.444 e. The summed E-state index contributed by atoms with van der Waals surface area (Å²) in [5, 5.41) is 6.51. The SMILES string of the molecule is Cc1noc(CCCNC(=O)c2c(C)oc3[nH]c(=O)n(-c4ccccc4)c(=O)c23)n1. The molecule has 4 rings (SSSR count). The van der Waals surface area contributed by atoms with E-state index in [-0.39, 0.29) is 22.4 Å². The van der Waals surface area contributed by atoms with Gasteiger partial charge in [0.1, 0.15) is 11.1 Å². The fourth-order valence-corrected chi connectivity index (χ4v) is 3.25. The fraction of sp³-hybridized carbons (Fsp3) is 0.250. The Hall–Kier alpha value is -3.95. The number of H-pyrrole nitrogens is 1. The predicted molar refractivity (Wildman–Crippen MR) is 107 cm³/mol. The average Bonchev–Trinajstić information content (AvgIpc) is 3.28. The number of hydrogen-bond acceptors (Lipinski definition) is 7. The maximum absolute atomic E-state index is 13.1. The van der Waals surface area contributed by atoms with Crippen molar-refractivity contribution in [3.05, 3.63) is 74.2 Å². The molecule has 0 radical (unpaired) electrons. The van der Waals surface area contributed by atoms with Gasteiger partial charge in [0.05, 0.1) is 11.3 Å². The quantitative estimate of drug-likeness (QED) is 0.462. The van der Waals surface area contributed by atoms with Gasteiger partial charge >= 0.3 is 5.69 Å². The number of hydrogen-bond donors (Lipinski definition) is 2. The lowest BCUT2D eigenvalue weighted by Crippen LogP contribution is -2.34. The molecule has 4 aromatic rings. The highest BCUT2D eigenvalue weighted by atomic mass is 16.5. The van der Waals surface area contributed by atoms with Crippen LogP contribution in [-0.4, -0.2) is 32.1 Å². The summed E-state index contributed by atoms with van der Waals surface area (Å²) < 4.78 is 11.5. The third-order valence-corrected chi connectivity index (χ3v) is 4.59. The molecule has 154 valence electrons. The van der Waals surface area contributed by atoms with E-state index in [0.717, 1.165) is 4.57 Å². The van der Waals surface area contributed by atoms with Crippen LogP contribution in [0.3, 0.4) is 0 Å². The van der Waals surface area contributed by atoms with E-state index in [2.05, 4.69) is 20.4 Å². The van der Waals surface area contributed by atoms with Gasteiger partial charge in [-0.25, -0.2) is 9.36 Å². The second kappa shape index (κ2) is 7.82. The molecule has 0 bridgehead atoms. The van der Waals surface area contributed by atoms with Gasteiger partial charge in [0.25, 0.3) is 11.5 Å². The highest BCUT2D eigenvalue weighted by Gasteiger charge is 2.23. The number of amides is 1. The molecule has 0 aliphatic heterocycles. The molecule has 0 aliphatic rings. The monoisotopic (exact) mass is 409 g/mol. The summed E-state index contributed by atoms with van der Waals surface area (Å²) in [7, 11) is 0. The van der Waals surface area contributed by atoms with Crippen molar-refractivity contribution in [3.63, 3.8) is 0 Å². The smallest absolute Gasteiger partial charge is 0.335 e. The first-order valence-corrected chi connectivity index (χ1v) is 9.37. The highest BCUT2D eigenvalue weighted by molar-refractivity contribution is 6.06. The number of benzene rings is 1. The van der Waals surface area contributed by atoms with E-state index >= 15 is 0 Å². The van der Waals surface area contributed by atoms with Crippen LogP contribution in [0.5, 0.6) is 0 Å². The van der Waals surface area contributed by atoms with Gasteiger partial charge in [-0.05, 0) is 32.4 Å². The van der Waals surface area contributed by atoms with Gasteiger partial charge in [0, 0.05) is 13.0 Å². The molecule has 0 fully saturated rings. The summed E-state index contributed by atoms with van der Waals surface area (Å²) in [6.07, 6.45) is 1.09. The molecule has 2 N–H and O–H groups in total. The maximum Gasteiger partial charge on any atom is 0.335 e. The molecule has 0 unspecified atom stereocenters. The summed E-state index contributed by atoms with van der Waals surface area (Å²) in [4.78, 5) is 44.9. The summed E-state index contributed by atoms with van der Waals surface area (Å²) >= 11 is 0. The number of nitrogens with one attached hydrogen (secondary N) is 2. The van der Waals surface area contributed by atoms with Crippen molar-refractivity contribution < 1.29 is 13.7 Å². The van der Waals surface area contributed by atoms with Crippen molar-refractivity contribution in [3.8, 4) is 5.69 Å². The van der Waals surface area contributed by atoms with Gasteiger partial charge in [0.2, 0.25) is 11.6 Å². The Morgan fingerprint density at radius 2 is 1.97 bits per heavy atom. The third kappa shape index (κ3) is 3.54. The molecular weight excluding hydrogens is 390 g/mol. The van der Waals surface area contributed by atoms with Gasteiger partial charge in [-0.2, -0.15) is 4.98 Å². The van der Waals surface area contributed by atoms with Crippen molar-refractivity contribution in [1.29, 1.82) is 0 Å². The van der Waals surface area contributed by atoms with Crippen LogP contribution in [0, 0.1) is 13.8 Å². The molecule has 0 saturated carbocycles. The molecule has 1 aromatic carbocycles. The van der Waals surface area contributed by atoms with Crippen molar-refractivity contribution in [2.45, 2.75) is 26.7 Å². The first-order valence-electron chi connectivity index (χ1n) is 9.37. The zero-order chi connectivity index (χ0) is 21.3. The molecular formula is C20H19N5O5. The van der Waals surface area contributed by atoms with Crippen molar-refractivity contribution in [2.75, 3.05) is 6.54 Å². The highest BCUT2D eigenvalue weighted by Crippen LogP contribution is 2.20. The summed E-state index contributed by atoms with van der Waals surface area (Å²) in [5.74, 6) is 0.832. The molecule has 0 spiro atoms. The summed E-state index contributed by atoms with van der Waals surface area (Å²) in [6.45, 7) is 3.64. The topological polar surface area (TPSA) is 136 Å². The number of carbonyl (C=O) groups excluding carboxylic acids is 1. The molecule has 10 nitrogen and oxygen atoms in total. The molecule has 1 amide bonds.